The smallest absolute Gasteiger partial charge is 0.327 e. The van der Waals surface area contributed by atoms with Gasteiger partial charge in [-0.25, -0.2) is 4.79 Å². The minimum absolute atomic E-state index is 0.208. The minimum Gasteiger partial charge on any atom is -0.480 e. The second-order valence-corrected chi connectivity index (χ2v) is 10.1. The zero-order valence-electron chi connectivity index (χ0n) is 19.3. The van der Waals surface area contributed by atoms with Crippen LogP contribution in [-0.4, -0.2) is 34.5 Å². The quantitative estimate of drug-likeness (QED) is 0.233. The molecule has 0 aliphatic heterocycles. The Morgan fingerprint density at radius 2 is 1.74 bits per heavy atom. The van der Waals surface area contributed by atoms with Crippen LogP contribution in [0, 0.1) is 0 Å². The maximum atomic E-state index is 12.1. The van der Waals surface area contributed by atoms with Crippen LogP contribution in [0.2, 0.25) is 0 Å². The van der Waals surface area contributed by atoms with Crippen LogP contribution in [0.4, 0.5) is 0 Å². The van der Waals surface area contributed by atoms with Gasteiger partial charge in [0.25, 0.3) is 0 Å². The van der Waals surface area contributed by atoms with Crippen LogP contribution in [0.5, 0.6) is 0 Å². The molecule has 4 nitrogen and oxygen atoms in total. The van der Waals surface area contributed by atoms with E-state index in [-0.39, 0.29) is 5.91 Å². The number of thiophene rings is 1. The van der Waals surface area contributed by atoms with Gasteiger partial charge in [0.1, 0.15) is 6.04 Å². The summed E-state index contributed by atoms with van der Waals surface area (Å²) in [4.78, 5) is 24.7. The SMILES string of the molecule is CC(C)=CCC/C(C)=C/CC/C(C)=C/CSCC(NC(=O)CCc1cccs1)C(=O)O. The highest BCUT2D eigenvalue weighted by atomic mass is 32.2. The third-order valence-corrected chi connectivity index (χ3v) is 6.68. The normalized spacial score (nSPS) is 13.0. The fraction of sp³-hybridized carbons (Fsp3) is 0.520. The maximum absolute atomic E-state index is 12.1. The molecule has 1 aromatic heterocycles. The predicted molar refractivity (Wildman–Crippen MR) is 135 cm³/mol. The van der Waals surface area contributed by atoms with Crippen molar-refractivity contribution in [1.82, 2.24) is 5.32 Å². The predicted octanol–water partition coefficient (Wildman–Crippen LogP) is 6.40. The van der Waals surface area contributed by atoms with E-state index in [0.29, 0.717) is 18.6 Å². The standard InChI is InChI=1S/C25H37NO3S2/c1-19(2)8-5-9-20(3)10-6-11-21(4)15-17-30-18-23(25(28)29)26-24(27)14-13-22-12-7-16-31-22/h7-8,10,12,15-16,23H,5-6,9,11,13-14,17-18H2,1-4H3,(H,26,27)(H,28,29)/b20-10+,21-15+. The number of allylic oxidation sites excluding steroid dienone is 5. The number of aryl methyl sites for hydroxylation is 1. The molecule has 0 spiro atoms. The fourth-order valence-corrected chi connectivity index (χ4v) is 4.57. The van der Waals surface area contributed by atoms with Crippen molar-refractivity contribution < 1.29 is 14.7 Å². The molecule has 1 rings (SSSR count). The summed E-state index contributed by atoms with van der Waals surface area (Å²) in [5.74, 6) is -0.0664. The van der Waals surface area contributed by atoms with Crippen LogP contribution in [0.1, 0.15) is 64.7 Å². The van der Waals surface area contributed by atoms with Crippen molar-refractivity contribution in [2.45, 2.75) is 72.3 Å². The molecule has 1 atom stereocenters. The molecule has 0 aliphatic rings. The first-order valence-corrected chi connectivity index (χ1v) is 12.9. The van der Waals surface area contributed by atoms with Gasteiger partial charge < -0.3 is 10.4 Å². The zero-order chi connectivity index (χ0) is 23.1. The summed E-state index contributed by atoms with van der Waals surface area (Å²) in [5.41, 5.74) is 4.11. The van der Waals surface area contributed by atoms with E-state index in [1.165, 1.54) is 28.5 Å². The number of amides is 1. The largest absolute Gasteiger partial charge is 0.480 e. The first-order chi connectivity index (χ1) is 14.8. The van der Waals surface area contributed by atoms with Crippen molar-refractivity contribution in [2.75, 3.05) is 11.5 Å². The number of aliphatic carboxylic acids is 1. The van der Waals surface area contributed by atoms with Crippen LogP contribution in [-0.2, 0) is 16.0 Å². The van der Waals surface area contributed by atoms with Crippen LogP contribution in [0.3, 0.4) is 0 Å². The van der Waals surface area contributed by atoms with Gasteiger partial charge in [-0.2, -0.15) is 11.8 Å². The van der Waals surface area contributed by atoms with E-state index in [9.17, 15) is 14.7 Å². The van der Waals surface area contributed by atoms with E-state index in [2.05, 4.69) is 51.2 Å². The topological polar surface area (TPSA) is 66.4 Å². The molecule has 31 heavy (non-hydrogen) atoms. The monoisotopic (exact) mass is 463 g/mol. The van der Waals surface area contributed by atoms with Crippen LogP contribution in [0.15, 0.2) is 52.5 Å². The van der Waals surface area contributed by atoms with Crippen molar-refractivity contribution >= 4 is 35.0 Å². The van der Waals surface area contributed by atoms with E-state index < -0.39 is 12.0 Å². The third kappa shape index (κ3) is 14.0. The maximum Gasteiger partial charge on any atom is 0.327 e. The van der Waals surface area contributed by atoms with E-state index in [1.807, 2.05) is 17.5 Å². The van der Waals surface area contributed by atoms with Gasteiger partial charge in [0, 0.05) is 22.8 Å². The van der Waals surface area contributed by atoms with Crippen molar-refractivity contribution in [3.05, 3.63) is 57.3 Å². The van der Waals surface area contributed by atoms with Crippen molar-refractivity contribution in [2.24, 2.45) is 0 Å². The molecule has 1 amide bonds. The number of nitrogens with one attached hydrogen (secondary N) is 1. The molecular weight excluding hydrogens is 426 g/mol. The lowest BCUT2D eigenvalue weighted by Gasteiger charge is -2.13. The molecule has 1 heterocycles. The van der Waals surface area contributed by atoms with Gasteiger partial charge in [0.15, 0.2) is 0 Å². The highest BCUT2D eigenvalue weighted by molar-refractivity contribution is 7.99. The molecule has 0 bridgehead atoms. The Morgan fingerprint density at radius 1 is 1.06 bits per heavy atom. The zero-order valence-corrected chi connectivity index (χ0v) is 20.9. The van der Waals surface area contributed by atoms with Gasteiger partial charge in [0.05, 0.1) is 0 Å². The summed E-state index contributed by atoms with van der Waals surface area (Å²) in [6.45, 7) is 8.57. The number of thioether (sulfide) groups is 1. The van der Waals surface area contributed by atoms with Gasteiger partial charge in [-0.15, -0.1) is 11.3 Å². The molecule has 6 heteroatoms. The molecule has 0 fully saturated rings. The minimum atomic E-state index is -0.980. The van der Waals surface area contributed by atoms with Crippen LogP contribution >= 0.6 is 23.1 Å². The van der Waals surface area contributed by atoms with E-state index in [0.717, 1.165) is 36.3 Å². The van der Waals surface area contributed by atoms with Crippen LogP contribution in [0.25, 0.3) is 0 Å². The summed E-state index contributed by atoms with van der Waals surface area (Å²) in [7, 11) is 0. The summed E-state index contributed by atoms with van der Waals surface area (Å²) in [6, 6.07) is 3.09. The molecular formula is C25H37NO3S2. The Morgan fingerprint density at radius 3 is 2.35 bits per heavy atom. The summed E-state index contributed by atoms with van der Waals surface area (Å²) >= 11 is 3.15. The number of carbonyl (C=O) groups is 2. The number of carboxylic acid groups (broad SMARTS) is 1. The fourth-order valence-electron chi connectivity index (χ4n) is 2.86. The Labute approximate surface area is 195 Å². The third-order valence-electron chi connectivity index (χ3n) is 4.77. The average Bonchev–Trinajstić information content (AvgIpc) is 3.22. The molecule has 0 saturated heterocycles. The molecule has 1 aromatic rings. The van der Waals surface area contributed by atoms with Crippen LogP contribution < -0.4 is 5.32 Å². The summed E-state index contributed by atoms with van der Waals surface area (Å²) in [5, 5.41) is 14.0. The second kappa shape index (κ2) is 15.9. The molecule has 172 valence electrons. The lowest BCUT2D eigenvalue weighted by Crippen LogP contribution is -2.42. The number of carboxylic acids is 1. The first-order valence-electron chi connectivity index (χ1n) is 10.8. The Hall–Kier alpha value is -1.79. The van der Waals surface area contributed by atoms with Gasteiger partial charge >= 0.3 is 5.97 Å². The Balaban J connectivity index is 2.28. The molecule has 0 radical (unpaired) electrons. The van der Waals surface area contributed by atoms with E-state index in [1.54, 1.807) is 11.3 Å². The lowest BCUT2D eigenvalue weighted by atomic mass is 10.1. The lowest BCUT2D eigenvalue weighted by molar-refractivity contribution is -0.141. The first kappa shape index (κ1) is 27.2. The molecule has 2 N–H and O–H groups in total. The highest BCUT2D eigenvalue weighted by Gasteiger charge is 2.19. The number of rotatable bonds is 15. The van der Waals surface area contributed by atoms with E-state index in [4.69, 9.17) is 0 Å². The van der Waals surface area contributed by atoms with Crippen molar-refractivity contribution in [3.8, 4) is 0 Å². The average molecular weight is 464 g/mol. The molecule has 1 unspecified atom stereocenters. The van der Waals surface area contributed by atoms with Gasteiger partial charge in [0.2, 0.25) is 5.91 Å². The summed E-state index contributed by atoms with van der Waals surface area (Å²) < 4.78 is 0. The van der Waals surface area contributed by atoms with Gasteiger partial charge in [-0.1, -0.05) is 41.0 Å². The number of hydrogen-bond acceptors (Lipinski definition) is 4. The second-order valence-electron chi connectivity index (χ2n) is 8.03. The number of carbonyl (C=O) groups excluding carboxylic acids is 1. The number of hydrogen-bond donors (Lipinski definition) is 2. The molecule has 0 aliphatic carbocycles. The Kier molecular flexibility index (Phi) is 14.0. The van der Waals surface area contributed by atoms with Gasteiger partial charge in [-0.05, 0) is 71.2 Å². The summed E-state index contributed by atoms with van der Waals surface area (Å²) in [6.07, 6.45) is 12.0. The van der Waals surface area contributed by atoms with Gasteiger partial charge in [-0.3, -0.25) is 4.79 Å². The van der Waals surface area contributed by atoms with Crippen molar-refractivity contribution in [3.63, 3.8) is 0 Å². The highest BCUT2D eigenvalue weighted by Crippen LogP contribution is 2.14. The van der Waals surface area contributed by atoms with Crippen molar-refractivity contribution in [1.29, 1.82) is 0 Å². The van der Waals surface area contributed by atoms with E-state index >= 15 is 0 Å². The molecule has 0 aromatic carbocycles. The molecule has 0 saturated carbocycles. The Bertz CT molecular complexity index is 760.